The van der Waals surface area contributed by atoms with E-state index in [2.05, 4.69) is 19.2 Å². The number of rotatable bonds is 5. The largest absolute Gasteiger partial charge is 0.314 e. The molecule has 0 heterocycles. The van der Waals surface area contributed by atoms with Gasteiger partial charge in [-0.15, -0.1) is 0 Å². The average Bonchev–Trinajstić information content (AvgIpc) is 2.78. The van der Waals surface area contributed by atoms with E-state index in [-0.39, 0.29) is 11.2 Å². The Bertz CT molecular complexity index is 553. The molecule has 0 aliphatic heterocycles. The zero-order valence-electron chi connectivity index (χ0n) is 12.6. The van der Waals surface area contributed by atoms with E-state index in [9.17, 15) is 8.42 Å². The SMILES string of the molecule is CCCNC1CCC(S(=O)(=O)c2cccc(C)c2)C1C. The molecule has 1 aliphatic carbocycles. The van der Waals surface area contributed by atoms with Crippen LogP contribution in [0.1, 0.15) is 38.7 Å². The molecule has 1 aliphatic rings. The average molecular weight is 295 g/mol. The lowest BCUT2D eigenvalue weighted by molar-refractivity contribution is 0.425. The molecule has 0 amide bonds. The molecule has 0 aromatic heterocycles. The first-order valence-corrected chi connectivity index (χ1v) is 9.05. The second kappa shape index (κ2) is 6.27. The Morgan fingerprint density at radius 1 is 1.30 bits per heavy atom. The monoisotopic (exact) mass is 295 g/mol. The van der Waals surface area contributed by atoms with Crippen molar-refractivity contribution in [1.29, 1.82) is 0 Å². The minimum Gasteiger partial charge on any atom is -0.314 e. The third-order valence-electron chi connectivity index (χ3n) is 4.36. The van der Waals surface area contributed by atoms with Gasteiger partial charge in [0.15, 0.2) is 9.84 Å². The van der Waals surface area contributed by atoms with Crippen LogP contribution in [-0.4, -0.2) is 26.3 Å². The molecule has 3 nitrogen and oxygen atoms in total. The fraction of sp³-hybridized carbons (Fsp3) is 0.625. The molecule has 3 atom stereocenters. The Labute approximate surface area is 122 Å². The first kappa shape index (κ1) is 15.5. The molecule has 4 heteroatoms. The number of hydrogen-bond acceptors (Lipinski definition) is 3. The summed E-state index contributed by atoms with van der Waals surface area (Å²) in [6, 6.07) is 7.60. The van der Waals surface area contributed by atoms with Crippen molar-refractivity contribution in [3.05, 3.63) is 29.8 Å². The van der Waals surface area contributed by atoms with Crippen molar-refractivity contribution >= 4 is 9.84 Å². The summed E-state index contributed by atoms with van der Waals surface area (Å²) in [7, 11) is -3.21. The first-order chi connectivity index (χ1) is 9.46. The topological polar surface area (TPSA) is 46.2 Å². The van der Waals surface area contributed by atoms with Crippen LogP contribution in [0.5, 0.6) is 0 Å². The predicted molar refractivity (Wildman–Crippen MR) is 82.6 cm³/mol. The van der Waals surface area contributed by atoms with E-state index in [4.69, 9.17) is 0 Å². The summed E-state index contributed by atoms with van der Waals surface area (Å²) < 4.78 is 25.6. The van der Waals surface area contributed by atoms with Gasteiger partial charge in [0.05, 0.1) is 10.1 Å². The van der Waals surface area contributed by atoms with Crippen molar-refractivity contribution in [2.75, 3.05) is 6.54 Å². The second-order valence-corrected chi connectivity index (χ2v) is 8.06. The van der Waals surface area contributed by atoms with E-state index in [0.717, 1.165) is 31.4 Å². The normalized spacial score (nSPS) is 26.9. The summed E-state index contributed by atoms with van der Waals surface area (Å²) in [5.41, 5.74) is 0.998. The third-order valence-corrected chi connectivity index (χ3v) is 6.73. The van der Waals surface area contributed by atoms with Gasteiger partial charge >= 0.3 is 0 Å². The van der Waals surface area contributed by atoms with Crippen LogP contribution in [0.25, 0.3) is 0 Å². The van der Waals surface area contributed by atoms with E-state index >= 15 is 0 Å². The third kappa shape index (κ3) is 3.07. The van der Waals surface area contributed by atoms with Crippen molar-refractivity contribution < 1.29 is 8.42 Å². The van der Waals surface area contributed by atoms with Gasteiger partial charge < -0.3 is 5.32 Å². The highest BCUT2D eigenvalue weighted by Crippen LogP contribution is 2.34. The van der Waals surface area contributed by atoms with Crippen LogP contribution in [0, 0.1) is 12.8 Å². The minimum atomic E-state index is -3.21. The van der Waals surface area contributed by atoms with Gasteiger partial charge in [-0.05, 0) is 56.3 Å². The zero-order valence-corrected chi connectivity index (χ0v) is 13.4. The first-order valence-electron chi connectivity index (χ1n) is 7.50. The fourth-order valence-corrected chi connectivity index (χ4v) is 5.32. The maximum Gasteiger partial charge on any atom is 0.181 e. The van der Waals surface area contributed by atoms with Crippen molar-refractivity contribution in [3.8, 4) is 0 Å². The van der Waals surface area contributed by atoms with Crippen LogP contribution < -0.4 is 5.32 Å². The summed E-state index contributed by atoms with van der Waals surface area (Å²) in [5.74, 6) is 0.173. The van der Waals surface area contributed by atoms with Gasteiger partial charge in [-0.1, -0.05) is 26.0 Å². The van der Waals surface area contributed by atoms with Gasteiger partial charge in [0.25, 0.3) is 0 Å². The van der Waals surface area contributed by atoms with Crippen LogP contribution in [0.4, 0.5) is 0 Å². The summed E-state index contributed by atoms with van der Waals surface area (Å²) >= 11 is 0. The van der Waals surface area contributed by atoms with Gasteiger partial charge in [-0.2, -0.15) is 0 Å². The number of aryl methyl sites for hydroxylation is 1. The number of benzene rings is 1. The van der Waals surface area contributed by atoms with E-state index in [0.29, 0.717) is 10.9 Å². The van der Waals surface area contributed by atoms with Gasteiger partial charge in [0, 0.05) is 6.04 Å². The Kier molecular flexibility index (Phi) is 4.86. The highest BCUT2D eigenvalue weighted by atomic mass is 32.2. The van der Waals surface area contributed by atoms with E-state index in [1.165, 1.54) is 0 Å². The molecule has 20 heavy (non-hydrogen) atoms. The van der Waals surface area contributed by atoms with Crippen molar-refractivity contribution in [2.45, 2.75) is 56.2 Å². The Morgan fingerprint density at radius 3 is 2.70 bits per heavy atom. The lowest BCUT2D eigenvalue weighted by Gasteiger charge is -2.22. The lowest BCUT2D eigenvalue weighted by Crippen LogP contribution is -2.36. The summed E-state index contributed by atoms with van der Waals surface area (Å²) in [6.07, 6.45) is 2.80. The van der Waals surface area contributed by atoms with Crippen LogP contribution in [0.15, 0.2) is 29.2 Å². The van der Waals surface area contributed by atoms with E-state index in [1.54, 1.807) is 12.1 Å². The standard InChI is InChI=1S/C16H25NO2S/c1-4-10-17-15-8-9-16(13(15)3)20(18,19)14-7-5-6-12(2)11-14/h5-7,11,13,15-17H,4,8-10H2,1-3H3. The second-order valence-electron chi connectivity index (χ2n) is 5.90. The molecule has 1 N–H and O–H groups in total. The quantitative estimate of drug-likeness (QED) is 0.908. The molecule has 3 unspecified atom stereocenters. The highest BCUT2D eigenvalue weighted by molar-refractivity contribution is 7.92. The van der Waals surface area contributed by atoms with Gasteiger partial charge in [0.2, 0.25) is 0 Å². The Morgan fingerprint density at radius 2 is 2.05 bits per heavy atom. The van der Waals surface area contributed by atoms with Gasteiger partial charge in [0.1, 0.15) is 0 Å². The van der Waals surface area contributed by atoms with Crippen molar-refractivity contribution in [2.24, 2.45) is 5.92 Å². The molecular weight excluding hydrogens is 270 g/mol. The molecule has 1 saturated carbocycles. The molecule has 1 aromatic rings. The molecule has 0 bridgehead atoms. The smallest absolute Gasteiger partial charge is 0.181 e. The Balaban J connectivity index is 2.19. The van der Waals surface area contributed by atoms with Crippen LogP contribution >= 0.6 is 0 Å². The maximum atomic E-state index is 12.8. The molecule has 2 rings (SSSR count). The Hall–Kier alpha value is -0.870. The molecule has 0 saturated heterocycles. The molecule has 1 fully saturated rings. The maximum absolute atomic E-state index is 12.8. The molecule has 112 valence electrons. The molecule has 0 radical (unpaired) electrons. The van der Waals surface area contributed by atoms with Crippen LogP contribution in [0.3, 0.4) is 0 Å². The molecule has 1 aromatic carbocycles. The predicted octanol–water partition coefficient (Wildman–Crippen LogP) is 2.94. The summed E-state index contributed by atoms with van der Waals surface area (Å²) in [4.78, 5) is 0.477. The summed E-state index contributed by atoms with van der Waals surface area (Å²) in [5, 5.41) is 3.23. The number of sulfone groups is 1. The van der Waals surface area contributed by atoms with Crippen LogP contribution in [0.2, 0.25) is 0 Å². The van der Waals surface area contributed by atoms with E-state index in [1.807, 2.05) is 19.1 Å². The zero-order chi connectivity index (χ0) is 14.8. The molecule has 0 spiro atoms. The van der Waals surface area contributed by atoms with Crippen LogP contribution in [-0.2, 0) is 9.84 Å². The minimum absolute atomic E-state index is 0.173. The highest BCUT2D eigenvalue weighted by Gasteiger charge is 2.41. The number of nitrogens with one attached hydrogen (secondary N) is 1. The summed E-state index contributed by atoms with van der Waals surface area (Å²) in [6.45, 7) is 7.10. The number of hydrogen-bond donors (Lipinski definition) is 1. The van der Waals surface area contributed by atoms with Gasteiger partial charge in [-0.25, -0.2) is 8.42 Å². The van der Waals surface area contributed by atoms with Crippen molar-refractivity contribution in [3.63, 3.8) is 0 Å². The van der Waals surface area contributed by atoms with E-state index < -0.39 is 9.84 Å². The van der Waals surface area contributed by atoms with Crippen molar-refractivity contribution in [1.82, 2.24) is 5.32 Å². The van der Waals surface area contributed by atoms with Gasteiger partial charge in [-0.3, -0.25) is 0 Å². The lowest BCUT2D eigenvalue weighted by atomic mass is 10.1. The fourth-order valence-electron chi connectivity index (χ4n) is 3.15. The molecular formula is C16H25NO2S.